The van der Waals surface area contributed by atoms with Crippen molar-refractivity contribution in [2.45, 2.75) is 38.6 Å². The van der Waals surface area contributed by atoms with Crippen molar-refractivity contribution in [2.75, 3.05) is 18.0 Å². The second kappa shape index (κ2) is 7.64. The second-order valence-electron chi connectivity index (χ2n) is 6.18. The van der Waals surface area contributed by atoms with Crippen LogP contribution in [0, 0.1) is 0 Å². The Bertz CT molecular complexity index is 615. The minimum absolute atomic E-state index is 0.0397. The van der Waals surface area contributed by atoms with Gasteiger partial charge in [0.1, 0.15) is 0 Å². The molecule has 2 heterocycles. The molecule has 0 radical (unpaired) electrons. The van der Waals surface area contributed by atoms with E-state index in [0.29, 0.717) is 6.42 Å². The van der Waals surface area contributed by atoms with Crippen LogP contribution in [0.2, 0.25) is 0 Å². The fourth-order valence-corrected chi connectivity index (χ4v) is 3.78. The van der Waals surface area contributed by atoms with Crippen LogP contribution in [0.4, 0.5) is 5.69 Å². The van der Waals surface area contributed by atoms with Crippen LogP contribution < -0.4 is 10.2 Å². The fourth-order valence-electron chi connectivity index (χ4n) is 3.07. The summed E-state index contributed by atoms with van der Waals surface area (Å²) in [5.74, 6) is 0.0834. The van der Waals surface area contributed by atoms with E-state index in [4.69, 9.17) is 0 Å². The molecule has 1 aromatic heterocycles. The van der Waals surface area contributed by atoms with E-state index in [1.165, 1.54) is 24.9 Å². The van der Waals surface area contributed by atoms with Crippen molar-refractivity contribution in [1.29, 1.82) is 0 Å². The molecular formula is C19H24N2OS. The third kappa shape index (κ3) is 4.35. The van der Waals surface area contributed by atoms with Crippen molar-refractivity contribution < 1.29 is 4.79 Å². The molecule has 0 aliphatic carbocycles. The van der Waals surface area contributed by atoms with Crippen LogP contribution in [-0.4, -0.2) is 19.0 Å². The predicted octanol–water partition coefficient (Wildman–Crippen LogP) is 4.16. The smallest absolute Gasteiger partial charge is 0.225 e. The molecule has 2 aromatic rings. The van der Waals surface area contributed by atoms with Crippen LogP contribution in [0.3, 0.4) is 0 Å². The van der Waals surface area contributed by atoms with Crippen LogP contribution in [0.1, 0.15) is 42.7 Å². The van der Waals surface area contributed by atoms with E-state index in [-0.39, 0.29) is 11.9 Å². The van der Waals surface area contributed by atoms with E-state index < -0.39 is 0 Å². The molecule has 23 heavy (non-hydrogen) atoms. The molecule has 0 unspecified atom stereocenters. The van der Waals surface area contributed by atoms with E-state index in [1.807, 2.05) is 24.4 Å². The van der Waals surface area contributed by atoms with Gasteiger partial charge in [-0.1, -0.05) is 18.2 Å². The molecule has 3 nitrogen and oxygen atoms in total. The number of thiophene rings is 1. The maximum atomic E-state index is 12.1. The zero-order chi connectivity index (χ0) is 16.1. The number of carbonyl (C=O) groups is 1. The van der Waals surface area contributed by atoms with Gasteiger partial charge in [0.2, 0.25) is 5.91 Å². The molecule has 3 rings (SSSR count). The summed E-state index contributed by atoms with van der Waals surface area (Å²) in [6.45, 7) is 4.36. The lowest BCUT2D eigenvalue weighted by Gasteiger charge is -2.29. The highest BCUT2D eigenvalue weighted by molar-refractivity contribution is 7.10. The first-order chi connectivity index (χ1) is 11.2. The zero-order valence-electron chi connectivity index (χ0n) is 13.6. The van der Waals surface area contributed by atoms with E-state index in [1.54, 1.807) is 11.3 Å². The summed E-state index contributed by atoms with van der Waals surface area (Å²) in [6, 6.07) is 12.7. The highest BCUT2D eigenvalue weighted by Crippen LogP contribution is 2.22. The molecule has 1 aliphatic heterocycles. The zero-order valence-corrected chi connectivity index (χ0v) is 14.4. The Kier molecular flexibility index (Phi) is 5.34. The summed E-state index contributed by atoms with van der Waals surface area (Å²) in [5, 5.41) is 5.09. The third-order valence-corrected chi connectivity index (χ3v) is 5.28. The molecule has 1 fully saturated rings. The first-order valence-corrected chi connectivity index (χ1v) is 9.27. The quantitative estimate of drug-likeness (QED) is 0.894. The second-order valence-corrected chi connectivity index (χ2v) is 7.22. The molecule has 1 amide bonds. The van der Waals surface area contributed by atoms with Crippen molar-refractivity contribution in [2.24, 2.45) is 0 Å². The third-order valence-electron chi connectivity index (χ3n) is 4.41. The highest BCUT2D eigenvalue weighted by atomic mass is 32.1. The van der Waals surface area contributed by atoms with Gasteiger partial charge in [0, 0.05) is 23.7 Å². The van der Waals surface area contributed by atoms with Crippen molar-refractivity contribution in [1.82, 2.24) is 5.32 Å². The first-order valence-electron chi connectivity index (χ1n) is 8.39. The van der Waals surface area contributed by atoms with Gasteiger partial charge in [-0.15, -0.1) is 11.3 Å². The van der Waals surface area contributed by atoms with Gasteiger partial charge in [-0.2, -0.15) is 0 Å². The van der Waals surface area contributed by atoms with Crippen molar-refractivity contribution in [3.63, 3.8) is 0 Å². The SMILES string of the molecule is C[C@@H](NC(=O)Cc1cccs1)c1ccc(N2CCCCC2)cc1. The number of carbonyl (C=O) groups excluding carboxylic acids is 1. The molecular weight excluding hydrogens is 304 g/mol. The van der Waals surface area contributed by atoms with E-state index in [0.717, 1.165) is 23.5 Å². The van der Waals surface area contributed by atoms with Gasteiger partial charge in [0.15, 0.2) is 0 Å². The molecule has 1 aliphatic rings. The van der Waals surface area contributed by atoms with Crippen molar-refractivity contribution in [3.05, 3.63) is 52.2 Å². The number of amides is 1. The van der Waals surface area contributed by atoms with Gasteiger partial charge >= 0.3 is 0 Å². The molecule has 0 spiro atoms. The summed E-state index contributed by atoms with van der Waals surface area (Å²) >= 11 is 1.63. The largest absolute Gasteiger partial charge is 0.372 e. The van der Waals surface area contributed by atoms with Gasteiger partial charge < -0.3 is 10.2 Å². The van der Waals surface area contributed by atoms with E-state index in [9.17, 15) is 4.79 Å². The number of benzene rings is 1. The van der Waals surface area contributed by atoms with Crippen LogP contribution in [0.5, 0.6) is 0 Å². The Hall–Kier alpha value is -1.81. The predicted molar refractivity (Wildman–Crippen MR) is 97.1 cm³/mol. The highest BCUT2D eigenvalue weighted by Gasteiger charge is 2.13. The molecule has 0 saturated carbocycles. The van der Waals surface area contributed by atoms with Crippen molar-refractivity contribution in [3.8, 4) is 0 Å². The summed E-state index contributed by atoms with van der Waals surface area (Å²) in [4.78, 5) is 15.7. The standard InChI is InChI=1S/C19H24N2OS/c1-15(20-19(22)14-18-6-5-13-23-18)16-7-9-17(10-8-16)21-11-3-2-4-12-21/h5-10,13,15H,2-4,11-12,14H2,1H3,(H,20,22)/t15-/m1/s1. The lowest BCUT2D eigenvalue weighted by molar-refractivity contribution is -0.121. The molecule has 122 valence electrons. The molecule has 1 N–H and O–H groups in total. The monoisotopic (exact) mass is 328 g/mol. The van der Waals surface area contributed by atoms with Gasteiger partial charge in [-0.3, -0.25) is 4.79 Å². The number of piperidine rings is 1. The van der Waals surface area contributed by atoms with Crippen LogP contribution in [-0.2, 0) is 11.2 Å². The molecule has 0 bridgehead atoms. The maximum Gasteiger partial charge on any atom is 0.225 e. The summed E-state index contributed by atoms with van der Waals surface area (Å²) in [5.41, 5.74) is 2.45. The maximum absolute atomic E-state index is 12.1. The summed E-state index contributed by atoms with van der Waals surface area (Å²) in [7, 11) is 0. The number of rotatable bonds is 5. The normalized spacial score (nSPS) is 16.1. The Morgan fingerprint density at radius 1 is 1.17 bits per heavy atom. The van der Waals surface area contributed by atoms with E-state index in [2.05, 4.69) is 34.5 Å². The van der Waals surface area contributed by atoms with Gasteiger partial charge in [-0.05, 0) is 55.3 Å². The van der Waals surface area contributed by atoms with E-state index >= 15 is 0 Å². The Balaban J connectivity index is 1.56. The molecule has 1 aromatic carbocycles. The number of nitrogens with one attached hydrogen (secondary N) is 1. The van der Waals surface area contributed by atoms with Crippen LogP contribution >= 0.6 is 11.3 Å². The number of hydrogen-bond acceptors (Lipinski definition) is 3. The first kappa shape index (κ1) is 16.1. The lowest BCUT2D eigenvalue weighted by Crippen LogP contribution is -2.29. The molecule has 4 heteroatoms. The number of nitrogens with zero attached hydrogens (tertiary/aromatic N) is 1. The molecule has 1 saturated heterocycles. The Morgan fingerprint density at radius 3 is 2.57 bits per heavy atom. The number of hydrogen-bond donors (Lipinski definition) is 1. The fraction of sp³-hybridized carbons (Fsp3) is 0.421. The summed E-state index contributed by atoms with van der Waals surface area (Å²) in [6.07, 6.45) is 4.39. The average Bonchev–Trinajstić information content (AvgIpc) is 3.08. The lowest BCUT2D eigenvalue weighted by atomic mass is 10.1. The topological polar surface area (TPSA) is 32.3 Å². The summed E-state index contributed by atoms with van der Waals surface area (Å²) < 4.78 is 0. The Labute approximate surface area is 142 Å². The van der Waals surface area contributed by atoms with Gasteiger partial charge in [0.25, 0.3) is 0 Å². The van der Waals surface area contributed by atoms with Crippen LogP contribution in [0.15, 0.2) is 41.8 Å². The van der Waals surface area contributed by atoms with Crippen molar-refractivity contribution >= 4 is 22.9 Å². The van der Waals surface area contributed by atoms with Gasteiger partial charge in [0.05, 0.1) is 12.5 Å². The molecule has 1 atom stereocenters. The van der Waals surface area contributed by atoms with Gasteiger partial charge in [-0.25, -0.2) is 0 Å². The minimum atomic E-state index is 0.0397. The average molecular weight is 328 g/mol. The minimum Gasteiger partial charge on any atom is -0.372 e. The Morgan fingerprint density at radius 2 is 1.91 bits per heavy atom. The van der Waals surface area contributed by atoms with Crippen LogP contribution in [0.25, 0.3) is 0 Å². The number of anilines is 1.